The molecule has 2 fully saturated rings. The summed E-state index contributed by atoms with van der Waals surface area (Å²) in [7, 11) is 0. The normalized spacial score (nSPS) is 21.1. The van der Waals surface area contributed by atoms with Crippen molar-refractivity contribution in [2.24, 2.45) is 0 Å². The van der Waals surface area contributed by atoms with Gasteiger partial charge in [-0.1, -0.05) is 0 Å². The molecule has 0 atom stereocenters. The van der Waals surface area contributed by atoms with Gasteiger partial charge < -0.3 is 19.3 Å². The van der Waals surface area contributed by atoms with Gasteiger partial charge in [-0.05, 0) is 24.3 Å². The van der Waals surface area contributed by atoms with Crippen LogP contribution in [0.1, 0.15) is 0 Å². The van der Waals surface area contributed by atoms with Gasteiger partial charge in [-0.3, -0.25) is 0 Å². The van der Waals surface area contributed by atoms with E-state index in [0.717, 1.165) is 52.6 Å². The lowest BCUT2D eigenvalue weighted by molar-refractivity contribution is 0.122. The first kappa shape index (κ1) is 11.8. The molecular weight excluding hydrogens is 228 g/mol. The minimum absolute atomic E-state index is 0.839. The van der Waals surface area contributed by atoms with Crippen LogP contribution in [0.25, 0.3) is 0 Å². The predicted octanol–water partition coefficient (Wildman–Crippen LogP) is 1.36. The zero-order valence-electron chi connectivity index (χ0n) is 10.7. The Morgan fingerprint density at radius 1 is 0.611 bits per heavy atom. The van der Waals surface area contributed by atoms with E-state index in [2.05, 4.69) is 34.1 Å². The fourth-order valence-electron chi connectivity index (χ4n) is 2.52. The van der Waals surface area contributed by atoms with Crippen LogP contribution < -0.4 is 9.80 Å². The van der Waals surface area contributed by atoms with Crippen LogP contribution >= 0.6 is 0 Å². The molecule has 0 saturated carbocycles. The predicted molar refractivity (Wildman–Crippen MR) is 72.5 cm³/mol. The maximum atomic E-state index is 5.38. The summed E-state index contributed by atoms with van der Waals surface area (Å²) in [5.74, 6) is 0. The van der Waals surface area contributed by atoms with E-state index in [1.54, 1.807) is 0 Å². The topological polar surface area (TPSA) is 24.9 Å². The fraction of sp³-hybridized carbons (Fsp3) is 0.571. The molecule has 0 bridgehead atoms. The molecule has 0 spiro atoms. The van der Waals surface area contributed by atoms with E-state index in [0.29, 0.717) is 0 Å². The van der Waals surface area contributed by atoms with Crippen molar-refractivity contribution >= 4 is 11.4 Å². The Bertz CT molecular complexity index is 331. The summed E-state index contributed by atoms with van der Waals surface area (Å²) in [5.41, 5.74) is 2.60. The summed E-state index contributed by atoms with van der Waals surface area (Å²) in [4.78, 5) is 4.76. The minimum Gasteiger partial charge on any atom is -0.378 e. The van der Waals surface area contributed by atoms with Gasteiger partial charge in [0.2, 0.25) is 0 Å². The molecule has 0 amide bonds. The van der Waals surface area contributed by atoms with E-state index in [4.69, 9.17) is 9.47 Å². The van der Waals surface area contributed by atoms with Crippen LogP contribution in [0.4, 0.5) is 11.4 Å². The summed E-state index contributed by atoms with van der Waals surface area (Å²) in [5, 5.41) is 0. The zero-order chi connectivity index (χ0) is 12.2. The highest BCUT2D eigenvalue weighted by Gasteiger charge is 2.13. The van der Waals surface area contributed by atoms with Crippen LogP contribution in [0.15, 0.2) is 24.3 Å². The fourth-order valence-corrected chi connectivity index (χ4v) is 2.52. The molecule has 0 N–H and O–H groups in total. The number of ether oxygens (including phenoxy) is 2. The first-order valence-electron chi connectivity index (χ1n) is 6.69. The second kappa shape index (κ2) is 5.59. The second-order valence-corrected chi connectivity index (χ2v) is 4.72. The molecular formula is C14H20N2O2. The molecule has 2 heterocycles. The van der Waals surface area contributed by atoms with Crippen LogP contribution in [0.5, 0.6) is 0 Å². The van der Waals surface area contributed by atoms with Gasteiger partial charge in [0.25, 0.3) is 0 Å². The van der Waals surface area contributed by atoms with Crippen LogP contribution in [0.3, 0.4) is 0 Å². The molecule has 3 rings (SSSR count). The monoisotopic (exact) mass is 248 g/mol. The van der Waals surface area contributed by atoms with Crippen LogP contribution in [0, 0.1) is 0 Å². The number of rotatable bonds is 2. The van der Waals surface area contributed by atoms with Gasteiger partial charge in [-0.25, -0.2) is 0 Å². The number of hydrogen-bond acceptors (Lipinski definition) is 4. The van der Waals surface area contributed by atoms with E-state index < -0.39 is 0 Å². The minimum atomic E-state index is 0.839. The van der Waals surface area contributed by atoms with Gasteiger partial charge in [-0.15, -0.1) is 0 Å². The summed E-state index contributed by atoms with van der Waals surface area (Å²) in [6.45, 7) is 7.34. The molecule has 0 radical (unpaired) electrons. The van der Waals surface area contributed by atoms with Gasteiger partial charge in [-0.2, -0.15) is 0 Å². The van der Waals surface area contributed by atoms with E-state index in [1.807, 2.05) is 0 Å². The van der Waals surface area contributed by atoms with Crippen molar-refractivity contribution in [1.82, 2.24) is 0 Å². The SMILES string of the molecule is c1cc(N2CCOCC2)ccc1N1CCOCC1. The van der Waals surface area contributed by atoms with Crippen molar-refractivity contribution in [3.8, 4) is 0 Å². The van der Waals surface area contributed by atoms with Crippen LogP contribution in [-0.4, -0.2) is 52.6 Å². The summed E-state index contributed by atoms with van der Waals surface area (Å²) in [6.07, 6.45) is 0. The molecule has 18 heavy (non-hydrogen) atoms. The van der Waals surface area contributed by atoms with Gasteiger partial charge >= 0.3 is 0 Å². The number of benzene rings is 1. The largest absolute Gasteiger partial charge is 0.378 e. The average Bonchev–Trinajstić information content (AvgIpc) is 2.49. The van der Waals surface area contributed by atoms with E-state index >= 15 is 0 Å². The highest BCUT2D eigenvalue weighted by Crippen LogP contribution is 2.22. The number of anilines is 2. The van der Waals surface area contributed by atoms with Crippen molar-refractivity contribution in [3.63, 3.8) is 0 Å². The lowest BCUT2D eigenvalue weighted by atomic mass is 10.2. The van der Waals surface area contributed by atoms with Crippen molar-refractivity contribution in [2.45, 2.75) is 0 Å². The molecule has 2 saturated heterocycles. The Morgan fingerprint density at radius 3 is 1.28 bits per heavy atom. The quantitative estimate of drug-likeness (QED) is 0.789. The molecule has 4 nitrogen and oxygen atoms in total. The molecule has 2 aliphatic heterocycles. The van der Waals surface area contributed by atoms with Crippen molar-refractivity contribution in [3.05, 3.63) is 24.3 Å². The number of morpholine rings is 2. The third-order valence-corrected chi connectivity index (χ3v) is 3.60. The first-order chi connectivity index (χ1) is 8.93. The van der Waals surface area contributed by atoms with Gasteiger partial charge in [0.15, 0.2) is 0 Å². The van der Waals surface area contributed by atoms with E-state index in [-0.39, 0.29) is 0 Å². The molecule has 4 heteroatoms. The third-order valence-electron chi connectivity index (χ3n) is 3.60. The maximum Gasteiger partial charge on any atom is 0.0642 e. The van der Waals surface area contributed by atoms with E-state index in [9.17, 15) is 0 Å². The highest BCUT2D eigenvalue weighted by molar-refractivity contribution is 5.56. The lowest BCUT2D eigenvalue weighted by Gasteiger charge is -2.31. The molecule has 98 valence electrons. The van der Waals surface area contributed by atoms with Crippen molar-refractivity contribution in [2.75, 3.05) is 62.4 Å². The van der Waals surface area contributed by atoms with Gasteiger partial charge in [0, 0.05) is 37.6 Å². The Hall–Kier alpha value is -1.26. The van der Waals surface area contributed by atoms with Crippen LogP contribution in [0.2, 0.25) is 0 Å². The lowest BCUT2D eigenvalue weighted by Crippen LogP contribution is -2.37. The van der Waals surface area contributed by atoms with Crippen LogP contribution in [-0.2, 0) is 9.47 Å². The smallest absolute Gasteiger partial charge is 0.0642 e. The Morgan fingerprint density at radius 2 is 0.944 bits per heavy atom. The summed E-state index contributed by atoms with van der Waals surface area (Å²) >= 11 is 0. The molecule has 2 aliphatic rings. The van der Waals surface area contributed by atoms with Gasteiger partial charge in [0.1, 0.15) is 0 Å². The number of hydrogen-bond donors (Lipinski definition) is 0. The molecule has 1 aromatic rings. The van der Waals surface area contributed by atoms with E-state index in [1.165, 1.54) is 11.4 Å². The summed E-state index contributed by atoms with van der Waals surface area (Å²) in [6, 6.07) is 8.87. The summed E-state index contributed by atoms with van der Waals surface area (Å²) < 4.78 is 10.8. The molecule has 0 aromatic heterocycles. The van der Waals surface area contributed by atoms with Gasteiger partial charge in [0.05, 0.1) is 26.4 Å². The number of nitrogens with zero attached hydrogens (tertiary/aromatic N) is 2. The molecule has 1 aromatic carbocycles. The third kappa shape index (κ3) is 2.60. The Kier molecular flexibility index (Phi) is 3.67. The first-order valence-corrected chi connectivity index (χ1v) is 6.69. The van der Waals surface area contributed by atoms with Crippen molar-refractivity contribution < 1.29 is 9.47 Å². The van der Waals surface area contributed by atoms with Crippen molar-refractivity contribution in [1.29, 1.82) is 0 Å². The average molecular weight is 248 g/mol. The zero-order valence-corrected chi connectivity index (χ0v) is 10.7. The molecule has 0 unspecified atom stereocenters. The Labute approximate surface area is 108 Å². The Balaban J connectivity index is 1.67. The maximum absolute atomic E-state index is 5.38. The highest BCUT2D eigenvalue weighted by atomic mass is 16.5. The molecule has 0 aliphatic carbocycles. The second-order valence-electron chi connectivity index (χ2n) is 4.72. The standard InChI is InChI=1S/C14H20N2O2/c1-2-14(16-7-11-18-12-8-16)4-3-13(1)15-5-9-17-10-6-15/h1-4H,5-12H2.